The van der Waals surface area contributed by atoms with Gasteiger partial charge in [0.1, 0.15) is 11.5 Å². The van der Waals surface area contributed by atoms with Crippen LogP contribution < -0.4 is 4.74 Å². The molecule has 0 atom stereocenters. The number of carbonyl (C=O) groups is 1. The molecule has 1 aliphatic rings. The molecule has 1 saturated heterocycles. The second-order valence-electron chi connectivity index (χ2n) is 5.68. The largest absolute Gasteiger partial charge is 0.507 e. The molecule has 0 aliphatic carbocycles. The third-order valence-corrected chi connectivity index (χ3v) is 5.09. The third kappa shape index (κ3) is 4.46. The summed E-state index contributed by atoms with van der Waals surface area (Å²) in [4.78, 5) is 19.4. The monoisotopic (exact) mass is 402 g/mol. The lowest BCUT2D eigenvalue weighted by molar-refractivity contribution is -0.122. The summed E-state index contributed by atoms with van der Waals surface area (Å²) >= 11 is 7.26. The maximum atomic E-state index is 12.7. The van der Waals surface area contributed by atoms with Crippen molar-refractivity contribution in [2.45, 2.75) is 13.8 Å². The van der Waals surface area contributed by atoms with Crippen molar-refractivity contribution in [3.8, 4) is 11.5 Å². The first-order valence-corrected chi connectivity index (χ1v) is 9.72. The van der Waals surface area contributed by atoms with E-state index >= 15 is 0 Å². The number of aromatic hydroxyl groups is 1. The molecular weight excluding hydrogens is 384 g/mol. The smallest absolute Gasteiger partial charge is 0.266 e. The van der Waals surface area contributed by atoms with E-state index in [1.807, 2.05) is 38.1 Å². The number of hydrogen-bond acceptors (Lipinski definition) is 5. The average Bonchev–Trinajstić information content (AvgIpc) is 2.94. The second kappa shape index (κ2) is 8.50. The molecular formula is C20H19ClN2O3S. The standard InChI is InChI=1S/C20H19ClN2O3S/c1-3-23-19(25)18(12-13-11-14(21)5-10-17(13)24)27-20(23)22-15-6-8-16(9-7-15)26-4-2/h5-12,24H,3-4H2,1-2H3/b18-12-,22-20?. The van der Waals surface area contributed by atoms with Crippen LogP contribution in [0.5, 0.6) is 11.5 Å². The fourth-order valence-corrected chi connectivity index (χ4v) is 3.78. The summed E-state index contributed by atoms with van der Waals surface area (Å²) in [5.41, 5.74) is 1.23. The van der Waals surface area contributed by atoms with E-state index in [1.165, 1.54) is 17.8 Å². The zero-order chi connectivity index (χ0) is 19.4. The predicted octanol–water partition coefficient (Wildman–Crippen LogP) is 5.07. The van der Waals surface area contributed by atoms with Gasteiger partial charge in [0.15, 0.2) is 5.17 Å². The van der Waals surface area contributed by atoms with Crippen molar-refractivity contribution in [1.29, 1.82) is 0 Å². The molecule has 0 unspecified atom stereocenters. The molecule has 5 nitrogen and oxygen atoms in total. The minimum atomic E-state index is -0.147. The highest BCUT2D eigenvalue weighted by Crippen LogP contribution is 2.36. The molecule has 0 saturated carbocycles. The normalized spacial score (nSPS) is 17.1. The van der Waals surface area contributed by atoms with Crippen LogP contribution in [-0.4, -0.2) is 34.2 Å². The molecule has 1 N–H and O–H groups in total. The molecule has 0 aromatic heterocycles. The summed E-state index contributed by atoms with van der Waals surface area (Å²) in [5.74, 6) is 0.702. The van der Waals surface area contributed by atoms with Crippen LogP contribution >= 0.6 is 23.4 Å². The highest BCUT2D eigenvalue weighted by Gasteiger charge is 2.32. The van der Waals surface area contributed by atoms with Gasteiger partial charge in [0.05, 0.1) is 17.2 Å². The van der Waals surface area contributed by atoms with Crippen molar-refractivity contribution >= 4 is 46.2 Å². The first-order valence-electron chi connectivity index (χ1n) is 8.53. The van der Waals surface area contributed by atoms with Crippen molar-refractivity contribution in [2.24, 2.45) is 4.99 Å². The van der Waals surface area contributed by atoms with Crippen molar-refractivity contribution in [3.05, 3.63) is 58.0 Å². The SMILES string of the molecule is CCOc1ccc(N=C2S/C(=C\c3cc(Cl)ccc3O)C(=O)N2CC)cc1. The van der Waals surface area contributed by atoms with Crippen molar-refractivity contribution in [2.75, 3.05) is 13.2 Å². The summed E-state index contributed by atoms with van der Waals surface area (Å²) in [5, 5.41) is 11.1. The molecule has 27 heavy (non-hydrogen) atoms. The number of amides is 1. The van der Waals surface area contributed by atoms with Gasteiger partial charge >= 0.3 is 0 Å². The Morgan fingerprint density at radius 1 is 1.22 bits per heavy atom. The van der Waals surface area contributed by atoms with Gasteiger partial charge in [-0.3, -0.25) is 9.69 Å². The Hall–Kier alpha value is -2.44. The fourth-order valence-electron chi connectivity index (χ4n) is 2.55. The summed E-state index contributed by atoms with van der Waals surface area (Å²) < 4.78 is 5.43. The Bertz CT molecular complexity index is 910. The quantitative estimate of drug-likeness (QED) is 0.709. The number of benzene rings is 2. The van der Waals surface area contributed by atoms with Crippen LogP contribution in [0.1, 0.15) is 19.4 Å². The minimum absolute atomic E-state index is 0.0697. The van der Waals surface area contributed by atoms with E-state index in [2.05, 4.69) is 4.99 Å². The number of ether oxygens (including phenoxy) is 1. The lowest BCUT2D eigenvalue weighted by atomic mass is 10.2. The van der Waals surface area contributed by atoms with Crippen LogP contribution in [0, 0.1) is 0 Å². The zero-order valence-corrected chi connectivity index (χ0v) is 16.5. The van der Waals surface area contributed by atoms with E-state index < -0.39 is 0 Å². The van der Waals surface area contributed by atoms with Gasteiger partial charge in [-0.15, -0.1) is 0 Å². The fraction of sp³-hybridized carbons (Fsp3) is 0.200. The number of aliphatic imine (C=N–C) groups is 1. The van der Waals surface area contributed by atoms with Crippen molar-refractivity contribution < 1.29 is 14.6 Å². The number of halogens is 1. The molecule has 0 bridgehead atoms. The second-order valence-corrected chi connectivity index (χ2v) is 7.13. The van der Waals surface area contributed by atoms with Crippen LogP contribution in [0.25, 0.3) is 6.08 Å². The van der Waals surface area contributed by atoms with E-state index in [9.17, 15) is 9.90 Å². The molecule has 2 aromatic rings. The Balaban J connectivity index is 1.90. The molecule has 1 aliphatic heterocycles. The summed E-state index contributed by atoms with van der Waals surface area (Å²) in [6.07, 6.45) is 1.64. The Labute approximate surface area is 167 Å². The van der Waals surface area contributed by atoms with E-state index in [4.69, 9.17) is 16.3 Å². The average molecular weight is 403 g/mol. The Kier molecular flexibility index (Phi) is 6.08. The number of likely N-dealkylation sites (N-methyl/N-ethyl adjacent to an activating group) is 1. The predicted molar refractivity (Wildman–Crippen MR) is 111 cm³/mol. The molecule has 1 heterocycles. The molecule has 7 heteroatoms. The molecule has 1 amide bonds. The summed E-state index contributed by atoms with van der Waals surface area (Å²) in [7, 11) is 0. The van der Waals surface area contributed by atoms with Crippen LogP contribution in [0.2, 0.25) is 5.02 Å². The maximum Gasteiger partial charge on any atom is 0.266 e. The summed E-state index contributed by atoms with van der Waals surface area (Å²) in [6.45, 7) is 4.93. The zero-order valence-electron chi connectivity index (χ0n) is 15.0. The van der Waals surface area contributed by atoms with Gasteiger partial charge in [-0.05, 0) is 74.1 Å². The van der Waals surface area contributed by atoms with Gasteiger partial charge in [0, 0.05) is 17.1 Å². The topological polar surface area (TPSA) is 62.1 Å². The van der Waals surface area contributed by atoms with E-state index in [0.29, 0.717) is 33.8 Å². The van der Waals surface area contributed by atoms with Gasteiger partial charge in [-0.25, -0.2) is 4.99 Å². The molecule has 2 aromatic carbocycles. The number of thioether (sulfide) groups is 1. The number of rotatable bonds is 5. The van der Waals surface area contributed by atoms with Gasteiger partial charge in [0.2, 0.25) is 0 Å². The van der Waals surface area contributed by atoms with Gasteiger partial charge in [-0.2, -0.15) is 0 Å². The summed E-state index contributed by atoms with van der Waals surface area (Å²) in [6, 6.07) is 12.1. The van der Waals surface area contributed by atoms with Crippen molar-refractivity contribution in [3.63, 3.8) is 0 Å². The van der Waals surface area contributed by atoms with Crippen LogP contribution in [0.4, 0.5) is 5.69 Å². The highest BCUT2D eigenvalue weighted by molar-refractivity contribution is 8.18. The molecule has 3 rings (SSSR count). The number of carbonyl (C=O) groups excluding carboxylic acids is 1. The first-order chi connectivity index (χ1) is 13.0. The third-order valence-electron chi connectivity index (χ3n) is 3.85. The van der Waals surface area contributed by atoms with Gasteiger partial charge in [0.25, 0.3) is 5.91 Å². The lowest BCUT2D eigenvalue weighted by Crippen LogP contribution is -2.28. The Morgan fingerprint density at radius 2 is 1.96 bits per heavy atom. The first kappa shape index (κ1) is 19.3. The number of phenols is 1. The number of nitrogens with zero attached hydrogens (tertiary/aromatic N) is 2. The van der Waals surface area contributed by atoms with Gasteiger partial charge < -0.3 is 9.84 Å². The van der Waals surface area contributed by atoms with E-state index in [1.54, 1.807) is 23.1 Å². The lowest BCUT2D eigenvalue weighted by Gasteiger charge is -2.12. The van der Waals surface area contributed by atoms with Crippen LogP contribution in [0.15, 0.2) is 52.4 Å². The van der Waals surface area contributed by atoms with Crippen LogP contribution in [-0.2, 0) is 4.79 Å². The van der Waals surface area contributed by atoms with E-state index in [-0.39, 0.29) is 11.7 Å². The maximum absolute atomic E-state index is 12.7. The number of hydrogen-bond donors (Lipinski definition) is 1. The van der Waals surface area contributed by atoms with Crippen LogP contribution in [0.3, 0.4) is 0 Å². The molecule has 140 valence electrons. The van der Waals surface area contributed by atoms with Gasteiger partial charge in [-0.1, -0.05) is 11.6 Å². The molecule has 0 spiro atoms. The minimum Gasteiger partial charge on any atom is -0.507 e. The highest BCUT2D eigenvalue weighted by atomic mass is 35.5. The Morgan fingerprint density at radius 3 is 2.63 bits per heavy atom. The van der Waals surface area contributed by atoms with Crippen molar-refractivity contribution in [1.82, 2.24) is 4.90 Å². The van der Waals surface area contributed by atoms with E-state index in [0.717, 1.165) is 11.4 Å². The number of amidine groups is 1. The molecule has 1 fully saturated rings. The number of phenolic OH excluding ortho intramolecular Hbond substituents is 1. The molecule has 0 radical (unpaired) electrons.